The van der Waals surface area contributed by atoms with Gasteiger partial charge in [0.1, 0.15) is 18.0 Å². The molecule has 0 radical (unpaired) electrons. The largest absolute Gasteiger partial charge is 0.486 e. The van der Waals surface area contributed by atoms with Crippen molar-refractivity contribution in [3.63, 3.8) is 0 Å². The zero-order chi connectivity index (χ0) is 19.5. The first-order valence-electron chi connectivity index (χ1n) is 8.17. The second kappa shape index (κ2) is 8.22. The molecule has 0 spiro atoms. The molecule has 28 heavy (non-hydrogen) atoms. The van der Waals surface area contributed by atoms with Crippen LogP contribution in [0.1, 0.15) is 11.5 Å². The number of hydrogen-bond acceptors (Lipinski definition) is 6. The smallest absolute Gasteiger partial charge is 0.258 e. The first-order chi connectivity index (χ1) is 13.6. The predicted octanol–water partition coefficient (Wildman–Crippen LogP) is 3.99. The first kappa shape index (κ1) is 18.8. The van der Waals surface area contributed by atoms with E-state index < -0.39 is 0 Å². The van der Waals surface area contributed by atoms with Crippen molar-refractivity contribution in [3.05, 3.63) is 80.6 Å². The molecule has 1 N–H and O–H groups in total. The molecule has 0 aliphatic rings. The van der Waals surface area contributed by atoms with Crippen LogP contribution in [-0.4, -0.2) is 24.6 Å². The van der Waals surface area contributed by atoms with Crippen molar-refractivity contribution >= 4 is 40.6 Å². The average molecular weight is 434 g/mol. The zero-order valence-corrected chi connectivity index (χ0v) is 16.6. The number of rotatable bonds is 6. The van der Waals surface area contributed by atoms with Gasteiger partial charge >= 0.3 is 0 Å². The molecule has 0 saturated carbocycles. The highest BCUT2D eigenvalue weighted by Gasteiger charge is 2.08. The van der Waals surface area contributed by atoms with Gasteiger partial charge in [-0.25, -0.2) is 9.97 Å². The Labute approximate surface area is 173 Å². The molecule has 4 rings (SSSR count). The summed E-state index contributed by atoms with van der Waals surface area (Å²) < 4.78 is 7.04. The summed E-state index contributed by atoms with van der Waals surface area (Å²) in [6.07, 6.45) is 1.55. The number of fused-ring (bicyclic) bond motifs is 1. The summed E-state index contributed by atoms with van der Waals surface area (Å²) in [7, 11) is 0. The van der Waals surface area contributed by atoms with Crippen LogP contribution in [0.3, 0.4) is 0 Å². The van der Waals surface area contributed by atoms with E-state index >= 15 is 0 Å². The molecule has 0 unspecified atom stereocenters. The van der Waals surface area contributed by atoms with Crippen LogP contribution in [-0.2, 0) is 12.4 Å². The highest BCUT2D eigenvalue weighted by atomic mass is 35.5. The van der Waals surface area contributed by atoms with E-state index in [2.05, 4.69) is 20.2 Å². The van der Waals surface area contributed by atoms with Crippen LogP contribution in [0.2, 0.25) is 10.0 Å². The van der Waals surface area contributed by atoms with Gasteiger partial charge < -0.3 is 4.74 Å². The van der Waals surface area contributed by atoms with E-state index in [9.17, 15) is 4.79 Å². The van der Waals surface area contributed by atoms with Crippen LogP contribution >= 0.6 is 35.0 Å². The molecule has 0 saturated heterocycles. The van der Waals surface area contributed by atoms with Crippen molar-refractivity contribution < 1.29 is 4.74 Å². The molecular formula is C18H13Cl2N5O2S. The number of hydrogen-bond donors (Lipinski definition) is 1. The number of H-pyrrole nitrogens is 1. The summed E-state index contributed by atoms with van der Waals surface area (Å²) in [6, 6.07) is 12.0. The molecule has 10 heteroatoms. The molecule has 4 aromatic rings. The lowest BCUT2D eigenvalue weighted by molar-refractivity contribution is 0.296. The Hall–Kier alpha value is -2.55. The van der Waals surface area contributed by atoms with E-state index in [4.69, 9.17) is 27.9 Å². The van der Waals surface area contributed by atoms with E-state index in [1.54, 1.807) is 42.6 Å². The van der Waals surface area contributed by atoms with Gasteiger partial charge in [0, 0.05) is 23.0 Å². The summed E-state index contributed by atoms with van der Waals surface area (Å²) in [6.45, 7) is 0.255. The Morgan fingerprint density at radius 1 is 1.07 bits per heavy atom. The minimum atomic E-state index is -0.185. The highest BCUT2D eigenvalue weighted by molar-refractivity contribution is 7.98. The summed E-state index contributed by atoms with van der Waals surface area (Å²) >= 11 is 13.1. The summed E-state index contributed by atoms with van der Waals surface area (Å²) in [5.41, 5.74) is 0.996. The SMILES string of the molecule is O=c1cc(CSc2n[nH]c(COc3ccc(Cl)cc3)n2)nc2ccc(Cl)cn12. The third kappa shape index (κ3) is 4.46. The van der Waals surface area contributed by atoms with E-state index in [0.717, 1.165) is 0 Å². The van der Waals surface area contributed by atoms with E-state index in [1.807, 2.05) is 0 Å². The first-order valence-corrected chi connectivity index (χ1v) is 9.91. The molecule has 0 aliphatic heterocycles. The number of benzene rings is 1. The minimum Gasteiger partial charge on any atom is -0.486 e. The van der Waals surface area contributed by atoms with Crippen molar-refractivity contribution in [1.29, 1.82) is 0 Å². The van der Waals surface area contributed by atoms with Crippen molar-refractivity contribution in [2.75, 3.05) is 0 Å². The number of ether oxygens (including phenoxy) is 1. The van der Waals surface area contributed by atoms with Crippen molar-refractivity contribution in [3.8, 4) is 5.75 Å². The Balaban J connectivity index is 1.39. The standard InChI is InChI=1S/C18H13Cl2N5O2S/c19-11-1-4-14(5-2-11)27-9-15-22-18(24-23-15)28-10-13-7-17(26)25-8-12(20)3-6-16(25)21-13/h1-8H,9-10H2,(H,22,23,24). The molecule has 0 bridgehead atoms. The summed E-state index contributed by atoms with van der Waals surface area (Å²) in [5, 5.41) is 8.67. The number of nitrogens with one attached hydrogen (secondary N) is 1. The molecule has 0 atom stereocenters. The molecule has 142 valence electrons. The molecule has 0 aliphatic carbocycles. The second-order valence-electron chi connectivity index (χ2n) is 5.76. The quantitative estimate of drug-likeness (QED) is 0.462. The zero-order valence-electron chi connectivity index (χ0n) is 14.3. The molecule has 7 nitrogen and oxygen atoms in total. The molecule has 3 aromatic heterocycles. The number of halogens is 2. The van der Waals surface area contributed by atoms with Gasteiger partial charge in [0.05, 0.1) is 10.7 Å². The molecule has 0 amide bonds. The average Bonchev–Trinajstić information content (AvgIpc) is 3.14. The van der Waals surface area contributed by atoms with E-state index in [1.165, 1.54) is 22.2 Å². The summed E-state index contributed by atoms with van der Waals surface area (Å²) in [4.78, 5) is 21.0. The third-order valence-electron chi connectivity index (χ3n) is 3.73. The van der Waals surface area contributed by atoms with Gasteiger partial charge in [0.25, 0.3) is 5.56 Å². The number of nitrogens with zero attached hydrogens (tertiary/aromatic N) is 4. The maximum absolute atomic E-state index is 12.2. The summed E-state index contributed by atoms with van der Waals surface area (Å²) in [5.74, 6) is 1.75. The van der Waals surface area contributed by atoms with Crippen molar-refractivity contribution in [1.82, 2.24) is 24.6 Å². The minimum absolute atomic E-state index is 0.185. The second-order valence-corrected chi connectivity index (χ2v) is 7.57. The molecule has 0 fully saturated rings. The number of thioether (sulfide) groups is 1. The third-order valence-corrected chi connectivity index (χ3v) is 5.08. The maximum atomic E-state index is 12.2. The van der Waals surface area contributed by atoms with Crippen LogP contribution < -0.4 is 10.3 Å². The number of aromatic amines is 1. The maximum Gasteiger partial charge on any atom is 0.258 e. The lowest BCUT2D eigenvalue weighted by Crippen LogP contribution is -2.15. The molecule has 3 heterocycles. The Bertz CT molecular complexity index is 1180. The fourth-order valence-corrected chi connectivity index (χ4v) is 3.42. The fourth-order valence-electron chi connectivity index (χ4n) is 2.43. The van der Waals surface area contributed by atoms with E-state index in [-0.39, 0.29) is 12.2 Å². The Morgan fingerprint density at radius 3 is 2.68 bits per heavy atom. The fraction of sp³-hybridized carbons (Fsp3) is 0.111. The van der Waals surface area contributed by atoms with Gasteiger partial charge in [-0.3, -0.25) is 14.3 Å². The lowest BCUT2D eigenvalue weighted by atomic mass is 10.3. The number of pyridine rings is 1. The van der Waals surface area contributed by atoms with Crippen LogP contribution in [0.15, 0.2) is 58.6 Å². The van der Waals surface area contributed by atoms with Gasteiger partial charge in [0.2, 0.25) is 5.16 Å². The van der Waals surface area contributed by atoms with Gasteiger partial charge in [-0.05, 0) is 36.4 Å². The van der Waals surface area contributed by atoms with Crippen LogP contribution in [0, 0.1) is 0 Å². The van der Waals surface area contributed by atoms with E-state index in [0.29, 0.717) is 43.9 Å². The molecular weight excluding hydrogens is 421 g/mol. The van der Waals surface area contributed by atoms with Crippen LogP contribution in [0.25, 0.3) is 5.65 Å². The topological polar surface area (TPSA) is 85.2 Å². The molecule has 1 aromatic carbocycles. The Kier molecular flexibility index (Phi) is 5.52. The van der Waals surface area contributed by atoms with Crippen LogP contribution in [0.5, 0.6) is 5.75 Å². The predicted molar refractivity (Wildman–Crippen MR) is 108 cm³/mol. The number of aromatic nitrogens is 5. The van der Waals surface area contributed by atoms with Crippen molar-refractivity contribution in [2.24, 2.45) is 0 Å². The lowest BCUT2D eigenvalue weighted by Gasteiger charge is -2.03. The normalized spacial score (nSPS) is 11.1. The highest BCUT2D eigenvalue weighted by Crippen LogP contribution is 2.19. The van der Waals surface area contributed by atoms with Crippen LogP contribution in [0.4, 0.5) is 0 Å². The Morgan fingerprint density at radius 2 is 1.86 bits per heavy atom. The van der Waals surface area contributed by atoms with Gasteiger partial charge in [-0.15, -0.1) is 5.10 Å². The monoisotopic (exact) mass is 433 g/mol. The van der Waals surface area contributed by atoms with Gasteiger partial charge in [0.15, 0.2) is 5.82 Å². The van der Waals surface area contributed by atoms with Gasteiger partial charge in [-0.2, -0.15) is 0 Å². The van der Waals surface area contributed by atoms with Gasteiger partial charge in [-0.1, -0.05) is 35.0 Å². The van der Waals surface area contributed by atoms with Crippen molar-refractivity contribution in [2.45, 2.75) is 17.5 Å².